The Balaban J connectivity index is 2.12. The molecule has 2 N–H and O–H groups in total. The number of rotatable bonds is 4. The van der Waals surface area contributed by atoms with Crippen LogP contribution < -0.4 is 5.56 Å². The van der Waals surface area contributed by atoms with Crippen LogP contribution in [0.2, 0.25) is 0 Å². The lowest BCUT2D eigenvalue weighted by molar-refractivity contribution is -0.136. The van der Waals surface area contributed by atoms with E-state index in [1.54, 1.807) is 0 Å². The molecule has 80 valence electrons. The maximum absolute atomic E-state index is 11.0. The molecule has 15 heavy (non-hydrogen) atoms. The van der Waals surface area contributed by atoms with Crippen molar-refractivity contribution < 1.29 is 9.90 Å². The lowest BCUT2D eigenvalue weighted by Crippen LogP contribution is -2.19. The maximum Gasteiger partial charge on any atom is 0.317 e. The molecule has 1 unspecified atom stereocenters. The number of nitrogens with zero attached hydrogens (tertiary/aromatic N) is 1. The molecule has 0 radical (unpaired) electrons. The molecule has 0 saturated heterocycles. The predicted molar refractivity (Wildman–Crippen MR) is 54.9 cm³/mol. The highest BCUT2D eigenvalue weighted by Crippen LogP contribution is 2.40. The fourth-order valence-corrected chi connectivity index (χ4v) is 2.37. The maximum atomic E-state index is 11.0. The van der Waals surface area contributed by atoms with Crippen LogP contribution in [-0.4, -0.2) is 26.3 Å². The molecule has 0 spiro atoms. The van der Waals surface area contributed by atoms with E-state index < -0.39 is 11.2 Å². The second kappa shape index (κ2) is 4.06. The van der Waals surface area contributed by atoms with Gasteiger partial charge in [0.25, 0.3) is 5.56 Å². The van der Waals surface area contributed by atoms with Gasteiger partial charge in [-0.3, -0.25) is 9.59 Å². The third kappa shape index (κ3) is 2.59. The first-order chi connectivity index (χ1) is 7.16. The summed E-state index contributed by atoms with van der Waals surface area (Å²) in [4.78, 5) is 28.3. The summed E-state index contributed by atoms with van der Waals surface area (Å²) in [6, 6.07) is 1.30. The minimum atomic E-state index is -0.839. The van der Waals surface area contributed by atoms with Crippen molar-refractivity contribution in [1.82, 2.24) is 9.97 Å². The molecular weight excluding hydrogens is 216 g/mol. The Labute approximate surface area is 89.9 Å². The zero-order valence-electron chi connectivity index (χ0n) is 7.84. The van der Waals surface area contributed by atoms with E-state index in [1.165, 1.54) is 12.3 Å². The highest BCUT2D eigenvalue weighted by Gasteiger charge is 2.37. The number of hydrogen-bond acceptors (Lipinski definition) is 4. The molecular formula is C9H10N2O3S. The number of hydrogen-bond donors (Lipinski definition) is 2. The standard InChI is InChI=1S/C9H10N2O3S/c12-6-3-4-10-9(11-6)15-7(8(13)14)5-1-2-5/h3-5,7H,1-2H2,(H,13,14)(H,10,11,12). The quantitative estimate of drug-likeness (QED) is 0.584. The number of H-pyrrole nitrogens is 1. The van der Waals surface area contributed by atoms with E-state index in [0.29, 0.717) is 5.16 Å². The van der Waals surface area contributed by atoms with E-state index in [-0.39, 0.29) is 11.5 Å². The second-order valence-corrected chi connectivity index (χ2v) is 4.58. The third-order valence-corrected chi connectivity index (χ3v) is 3.45. The molecule has 1 saturated carbocycles. The van der Waals surface area contributed by atoms with Crippen molar-refractivity contribution in [2.75, 3.05) is 0 Å². The van der Waals surface area contributed by atoms with Gasteiger partial charge in [-0.15, -0.1) is 0 Å². The summed E-state index contributed by atoms with van der Waals surface area (Å²) < 4.78 is 0. The van der Waals surface area contributed by atoms with Gasteiger partial charge in [0.15, 0.2) is 5.16 Å². The van der Waals surface area contributed by atoms with Gasteiger partial charge in [0.05, 0.1) is 0 Å². The van der Waals surface area contributed by atoms with Crippen LogP contribution in [0.25, 0.3) is 0 Å². The van der Waals surface area contributed by atoms with Gasteiger partial charge in [0.1, 0.15) is 5.25 Å². The lowest BCUT2D eigenvalue weighted by Gasteiger charge is -2.08. The van der Waals surface area contributed by atoms with Gasteiger partial charge in [-0.2, -0.15) is 0 Å². The van der Waals surface area contributed by atoms with Crippen LogP contribution in [0.15, 0.2) is 22.2 Å². The molecule has 1 heterocycles. The monoisotopic (exact) mass is 226 g/mol. The summed E-state index contributed by atoms with van der Waals surface area (Å²) in [5, 5.41) is 8.86. The van der Waals surface area contributed by atoms with Gasteiger partial charge >= 0.3 is 5.97 Å². The summed E-state index contributed by atoms with van der Waals surface area (Å²) in [7, 11) is 0. The molecule has 0 amide bonds. The first-order valence-corrected chi connectivity index (χ1v) is 5.49. The molecule has 1 fully saturated rings. The molecule has 1 atom stereocenters. The average Bonchev–Trinajstić information content (AvgIpc) is 2.97. The summed E-state index contributed by atoms with van der Waals surface area (Å²) in [5.74, 6) is -0.619. The Bertz CT molecular complexity index is 427. The summed E-state index contributed by atoms with van der Waals surface area (Å²) in [6.07, 6.45) is 3.27. The van der Waals surface area contributed by atoms with E-state index in [2.05, 4.69) is 9.97 Å². The molecule has 0 aliphatic heterocycles. The molecule has 0 aromatic carbocycles. The molecule has 1 aromatic rings. The van der Waals surface area contributed by atoms with E-state index in [4.69, 9.17) is 5.11 Å². The Morgan fingerprint density at radius 3 is 2.93 bits per heavy atom. The number of nitrogens with one attached hydrogen (secondary N) is 1. The van der Waals surface area contributed by atoms with Crippen LogP contribution in [-0.2, 0) is 4.79 Å². The predicted octanol–water partition coefficient (Wildman–Crippen LogP) is 0.725. The number of carboxylic acids is 1. The Kier molecular flexibility index (Phi) is 2.77. The summed E-state index contributed by atoms with van der Waals surface area (Å²) in [6.45, 7) is 0. The largest absolute Gasteiger partial charge is 0.480 e. The minimum absolute atomic E-state index is 0.220. The first kappa shape index (κ1) is 10.2. The van der Waals surface area contributed by atoms with E-state index in [0.717, 1.165) is 24.6 Å². The fourth-order valence-electron chi connectivity index (χ4n) is 1.28. The number of thioether (sulfide) groups is 1. The van der Waals surface area contributed by atoms with Gasteiger partial charge in [0.2, 0.25) is 0 Å². The Morgan fingerprint density at radius 2 is 2.40 bits per heavy atom. The number of carbonyl (C=O) groups is 1. The van der Waals surface area contributed by atoms with Crippen LogP contribution in [0.1, 0.15) is 12.8 Å². The highest BCUT2D eigenvalue weighted by molar-refractivity contribution is 8.00. The van der Waals surface area contributed by atoms with Crippen molar-refractivity contribution in [3.05, 3.63) is 22.6 Å². The van der Waals surface area contributed by atoms with Crippen LogP contribution >= 0.6 is 11.8 Å². The topological polar surface area (TPSA) is 83.0 Å². The van der Waals surface area contributed by atoms with Crippen LogP contribution in [0.4, 0.5) is 0 Å². The molecule has 0 bridgehead atoms. The molecule has 1 aromatic heterocycles. The lowest BCUT2D eigenvalue weighted by atomic mass is 10.3. The number of aliphatic carboxylic acids is 1. The average molecular weight is 226 g/mol. The molecule has 1 aliphatic carbocycles. The first-order valence-electron chi connectivity index (χ1n) is 4.61. The van der Waals surface area contributed by atoms with Crippen molar-refractivity contribution >= 4 is 17.7 Å². The second-order valence-electron chi connectivity index (χ2n) is 3.45. The van der Waals surface area contributed by atoms with Crippen LogP contribution in [0.3, 0.4) is 0 Å². The molecule has 5 nitrogen and oxygen atoms in total. The SMILES string of the molecule is O=C(O)C(Sc1nccc(=O)[nH]1)C1CC1. The minimum Gasteiger partial charge on any atom is -0.480 e. The smallest absolute Gasteiger partial charge is 0.317 e. The number of aromatic amines is 1. The molecule has 2 rings (SSSR count). The van der Waals surface area contributed by atoms with Gasteiger partial charge in [-0.05, 0) is 18.8 Å². The zero-order chi connectivity index (χ0) is 10.8. The number of aromatic nitrogens is 2. The fraction of sp³-hybridized carbons (Fsp3) is 0.444. The van der Waals surface area contributed by atoms with Crippen molar-refractivity contribution in [3.8, 4) is 0 Å². The highest BCUT2D eigenvalue weighted by atomic mass is 32.2. The van der Waals surface area contributed by atoms with Crippen molar-refractivity contribution in [1.29, 1.82) is 0 Å². The van der Waals surface area contributed by atoms with Gasteiger partial charge in [-0.1, -0.05) is 11.8 Å². The Morgan fingerprint density at radius 1 is 1.67 bits per heavy atom. The number of carboxylic acid groups (broad SMARTS) is 1. The molecule has 6 heteroatoms. The van der Waals surface area contributed by atoms with E-state index in [9.17, 15) is 9.59 Å². The van der Waals surface area contributed by atoms with E-state index in [1.807, 2.05) is 0 Å². The molecule has 1 aliphatic rings. The van der Waals surface area contributed by atoms with Crippen LogP contribution in [0.5, 0.6) is 0 Å². The van der Waals surface area contributed by atoms with Crippen molar-refractivity contribution in [3.63, 3.8) is 0 Å². The summed E-state index contributed by atoms with van der Waals surface area (Å²) in [5.41, 5.74) is -0.257. The van der Waals surface area contributed by atoms with Crippen molar-refractivity contribution in [2.24, 2.45) is 5.92 Å². The van der Waals surface area contributed by atoms with Crippen molar-refractivity contribution in [2.45, 2.75) is 23.2 Å². The van der Waals surface area contributed by atoms with E-state index >= 15 is 0 Å². The normalized spacial score (nSPS) is 17.3. The van der Waals surface area contributed by atoms with Gasteiger partial charge < -0.3 is 10.1 Å². The van der Waals surface area contributed by atoms with Gasteiger partial charge in [-0.25, -0.2) is 4.98 Å². The Hall–Kier alpha value is -1.30. The zero-order valence-corrected chi connectivity index (χ0v) is 8.66. The summed E-state index contributed by atoms with van der Waals surface area (Å²) >= 11 is 1.12. The third-order valence-electron chi connectivity index (χ3n) is 2.18. The van der Waals surface area contributed by atoms with Gasteiger partial charge in [0, 0.05) is 12.3 Å². The van der Waals surface area contributed by atoms with Crippen LogP contribution in [0, 0.1) is 5.92 Å².